The fourth-order valence-electron chi connectivity index (χ4n) is 4.66. The predicted octanol–water partition coefficient (Wildman–Crippen LogP) is 3.34. The van der Waals surface area contributed by atoms with Crippen LogP contribution in [0.4, 0.5) is 8.78 Å². The number of esters is 1. The fraction of sp³-hybridized carbons (Fsp3) is 0.579. The molecule has 0 bridgehead atoms. The van der Waals surface area contributed by atoms with Crippen LogP contribution in [0, 0.1) is 35.3 Å². The van der Waals surface area contributed by atoms with Crippen molar-refractivity contribution >= 4 is 17.0 Å². The molecule has 5 atom stereocenters. The largest absolute Gasteiger partial charge is 0.463 e. The van der Waals surface area contributed by atoms with Crippen LogP contribution in [0.15, 0.2) is 18.5 Å². The van der Waals surface area contributed by atoms with E-state index in [1.807, 2.05) is 11.5 Å². The van der Waals surface area contributed by atoms with Gasteiger partial charge in [0.05, 0.1) is 29.9 Å². The van der Waals surface area contributed by atoms with E-state index in [1.165, 1.54) is 6.07 Å². The van der Waals surface area contributed by atoms with Crippen molar-refractivity contribution in [2.24, 2.45) is 23.7 Å². The number of imidazole rings is 1. The van der Waals surface area contributed by atoms with E-state index in [0.29, 0.717) is 35.4 Å². The molecule has 0 spiro atoms. The summed E-state index contributed by atoms with van der Waals surface area (Å²) in [5, 5.41) is 0. The van der Waals surface area contributed by atoms with Crippen LogP contribution in [0.5, 0.6) is 0 Å². The van der Waals surface area contributed by atoms with Crippen molar-refractivity contribution in [3.05, 3.63) is 30.1 Å². The van der Waals surface area contributed by atoms with Gasteiger partial charge in [0.2, 0.25) is 0 Å². The number of halogens is 2. The SMILES string of the molecule is COCCOC(=O)C(C)[C@H]1[C@@H]2CC(n3cnc4cc(F)c(F)cc43)C[C@@H]21. The molecular formula is C19H22F2N2O3. The van der Waals surface area contributed by atoms with Crippen LogP contribution in [0.25, 0.3) is 11.0 Å². The summed E-state index contributed by atoms with van der Waals surface area (Å²) in [6, 6.07) is 2.57. The number of benzene rings is 1. The third-order valence-corrected chi connectivity index (χ3v) is 5.98. The van der Waals surface area contributed by atoms with E-state index in [9.17, 15) is 13.6 Å². The number of carbonyl (C=O) groups is 1. The Balaban J connectivity index is 1.40. The van der Waals surface area contributed by atoms with Crippen LogP contribution in [-0.2, 0) is 14.3 Å². The Morgan fingerprint density at radius 3 is 2.65 bits per heavy atom. The first-order valence-corrected chi connectivity index (χ1v) is 8.98. The third kappa shape index (κ3) is 2.88. The van der Waals surface area contributed by atoms with Crippen molar-refractivity contribution < 1.29 is 23.0 Å². The highest BCUT2D eigenvalue weighted by molar-refractivity contribution is 5.75. The molecule has 2 aliphatic carbocycles. The number of methoxy groups -OCH3 is 1. The van der Waals surface area contributed by atoms with Gasteiger partial charge in [-0.2, -0.15) is 0 Å². The molecule has 2 aromatic rings. The third-order valence-electron chi connectivity index (χ3n) is 5.98. The van der Waals surface area contributed by atoms with Gasteiger partial charge in [-0.05, 0) is 30.6 Å². The van der Waals surface area contributed by atoms with Crippen molar-refractivity contribution in [2.45, 2.75) is 25.8 Å². The van der Waals surface area contributed by atoms with Crippen molar-refractivity contribution in [1.82, 2.24) is 9.55 Å². The smallest absolute Gasteiger partial charge is 0.309 e. The van der Waals surface area contributed by atoms with Crippen LogP contribution >= 0.6 is 0 Å². The van der Waals surface area contributed by atoms with E-state index in [0.717, 1.165) is 18.9 Å². The molecule has 4 rings (SSSR count). The van der Waals surface area contributed by atoms with Gasteiger partial charge in [-0.3, -0.25) is 4.79 Å². The Labute approximate surface area is 150 Å². The lowest BCUT2D eigenvalue weighted by atomic mass is 9.97. The molecule has 0 aliphatic heterocycles. The summed E-state index contributed by atoms with van der Waals surface area (Å²) in [4.78, 5) is 16.3. The summed E-state index contributed by atoms with van der Waals surface area (Å²) < 4.78 is 39.0. The Bertz CT molecular complexity index is 826. The maximum atomic E-state index is 13.6. The first-order valence-electron chi connectivity index (χ1n) is 8.98. The first kappa shape index (κ1) is 17.4. The molecule has 2 fully saturated rings. The van der Waals surface area contributed by atoms with E-state index < -0.39 is 11.6 Å². The summed E-state index contributed by atoms with van der Waals surface area (Å²) in [6.07, 6.45) is 3.52. The number of aromatic nitrogens is 2. The maximum Gasteiger partial charge on any atom is 0.309 e. The van der Waals surface area contributed by atoms with Crippen molar-refractivity contribution in [3.8, 4) is 0 Å². The highest BCUT2D eigenvalue weighted by Gasteiger charge is 2.59. The average molecular weight is 364 g/mol. The Morgan fingerprint density at radius 2 is 1.96 bits per heavy atom. The Kier molecular flexibility index (Phi) is 4.42. The lowest BCUT2D eigenvalue weighted by Crippen LogP contribution is -2.21. The zero-order valence-electron chi connectivity index (χ0n) is 14.8. The molecule has 2 saturated carbocycles. The highest BCUT2D eigenvalue weighted by Crippen LogP contribution is 2.64. The molecule has 0 radical (unpaired) electrons. The number of hydrogen-bond acceptors (Lipinski definition) is 4. The predicted molar refractivity (Wildman–Crippen MR) is 90.4 cm³/mol. The molecule has 0 saturated heterocycles. The summed E-state index contributed by atoms with van der Waals surface area (Å²) in [7, 11) is 1.57. The minimum Gasteiger partial charge on any atom is -0.463 e. The molecular weight excluding hydrogens is 342 g/mol. The lowest BCUT2D eigenvalue weighted by Gasteiger charge is -2.19. The van der Waals surface area contributed by atoms with Gasteiger partial charge >= 0.3 is 5.97 Å². The van der Waals surface area contributed by atoms with Crippen molar-refractivity contribution in [3.63, 3.8) is 0 Å². The first-order chi connectivity index (χ1) is 12.5. The molecule has 1 heterocycles. The molecule has 0 N–H and O–H groups in total. The fourth-order valence-corrected chi connectivity index (χ4v) is 4.66. The van der Waals surface area contributed by atoms with E-state index in [4.69, 9.17) is 9.47 Å². The van der Waals surface area contributed by atoms with E-state index >= 15 is 0 Å². The summed E-state index contributed by atoms with van der Waals surface area (Å²) in [5.74, 6) is -0.700. The standard InChI is InChI=1S/C19H22F2N2O3/c1-10(19(24)26-4-3-25-2)18-12-5-11(6-13(12)18)23-9-22-16-7-14(20)15(21)8-17(16)23/h7-13,18H,3-6H2,1-2H3/t10?,11?,12-,13+,18+. The molecule has 26 heavy (non-hydrogen) atoms. The zero-order valence-corrected chi connectivity index (χ0v) is 14.8. The van der Waals surface area contributed by atoms with Gasteiger partial charge in [0, 0.05) is 25.3 Å². The summed E-state index contributed by atoms with van der Waals surface area (Å²) >= 11 is 0. The van der Waals surface area contributed by atoms with Crippen molar-refractivity contribution in [2.75, 3.05) is 20.3 Å². The molecule has 7 heteroatoms. The zero-order chi connectivity index (χ0) is 18.4. The number of ether oxygens (including phenoxy) is 2. The summed E-state index contributed by atoms with van der Waals surface area (Å²) in [5.41, 5.74) is 1.09. The van der Waals surface area contributed by atoms with Gasteiger partial charge in [0.1, 0.15) is 6.61 Å². The van der Waals surface area contributed by atoms with E-state index in [2.05, 4.69) is 4.98 Å². The molecule has 2 aliphatic rings. The van der Waals surface area contributed by atoms with Crippen LogP contribution < -0.4 is 0 Å². The van der Waals surface area contributed by atoms with E-state index in [-0.39, 0.29) is 24.5 Å². The van der Waals surface area contributed by atoms with Crippen LogP contribution in [0.1, 0.15) is 25.8 Å². The van der Waals surface area contributed by atoms with Crippen LogP contribution in [0.2, 0.25) is 0 Å². The normalized spacial score (nSPS) is 28.2. The van der Waals surface area contributed by atoms with E-state index in [1.54, 1.807) is 13.4 Å². The highest BCUT2D eigenvalue weighted by atomic mass is 19.2. The van der Waals surface area contributed by atoms with Gasteiger partial charge in [0.15, 0.2) is 11.6 Å². The maximum absolute atomic E-state index is 13.6. The average Bonchev–Trinajstić information content (AvgIpc) is 2.95. The Morgan fingerprint density at radius 1 is 1.27 bits per heavy atom. The lowest BCUT2D eigenvalue weighted by molar-refractivity contribution is -0.150. The molecule has 140 valence electrons. The second kappa shape index (κ2) is 6.61. The van der Waals surface area contributed by atoms with Crippen molar-refractivity contribution in [1.29, 1.82) is 0 Å². The number of fused-ring (bicyclic) bond motifs is 2. The van der Waals surface area contributed by atoms with Gasteiger partial charge in [-0.25, -0.2) is 13.8 Å². The monoisotopic (exact) mass is 364 g/mol. The molecule has 0 amide bonds. The number of nitrogens with zero attached hydrogens (tertiary/aromatic N) is 2. The van der Waals surface area contributed by atoms with Gasteiger partial charge in [0.25, 0.3) is 0 Å². The second-order valence-corrected chi connectivity index (χ2v) is 7.39. The van der Waals surface area contributed by atoms with Crippen LogP contribution in [-0.4, -0.2) is 35.8 Å². The number of rotatable bonds is 6. The topological polar surface area (TPSA) is 53.4 Å². The Hall–Kier alpha value is -2.02. The molecule has 1 aromatic heterocycles. The molecule has 2 unspecified atom stereocenters. The minimum absolute atomic E-state index is 0.117. The number of hydrogen-bond donors (Lipinski definition) is 0. The second-order valence-electron chi connectivity index (χ2n) is 7.39. The minimum atomic E-state index is -0.877. The molecule has 5 nitrogen and oxygen atoms in total. The summed E-state index contributed by atoms with van der Waals surface area (Å²) in [6.45, 7) is 2.62. The van der Waals surface area contributed by atoms with Gasteiger partial charge in [-0.15, -0.1) is 0 Å². The number of carbonyl (C=O) groups excluding carboxylic acids is 1. The van der Waals surface area contributed by atoms with Gasteiger partial charge in [-0.1, -0.05) is 6.92 Å². The van der Waals surface area contributed by atoms with Gasteiger partial charge < -0.3 is 14.0 Å². The quantitative estimate of drug-likeness (QED) is 0.583. The van der Waals surface area contributed by atoms with Crippen LogP contribution in [0.3, 0.4) is 0 Å². The molecule has 1 aromatic carbocycles.